The molecule has 1 aromatic carbocycles. The quantitative estimate of drug-likeness (QED) is 0.836. The SMILES string of the molecule is Nc1cc(Br)cc(C(=O)N(CCO)C2CCC2)c1. The van der Waals surface area contributed by atoms with Gasteiger partial charge >= 0.3 is 0 Å². The van der Waals surface area contributed by atoms with E-state index in [0.717, 1.165) is 23.7 Å². The summed E-state index contributed by atoms with van der Waals surface area (Å²) in [4.78, 5) is 14.2. The lowest BCUT2D eigenvalue weighted by Gasteiger charge is -2.37. The predicted molar refractivity (Wildman–Crippen MR) is 74.3 cm³/mol. The monoisotopic (exact) mass is 312 g/mol. The summed E-state index contributed by atoms with van der Waals surface area (Å²) in [5, 5.41) is 9.08. The molecule has 0 heterocycles. The molecule has 1 fully saturated rings. The van der Waals surface area contributed by atoms with Crippen molar-refractivity contribution < 1.29 is 9.90 Å². The first-order chi connectivity index (χ1) is 8.61. The molecule has 98 valence electrons. The molecule has 0 atom stereocenters. The number of nitrogens with zero attached hydrogens (tertiary/aromatic N) is 1. The van der Waals surface area contributed by atoms with Gasteiger partial charge in [0, 0.05) is 28.3 Å². The zero-order valence-corrected chi connectivity index (χ0v) is 11.7. The second kappa shape index (κ2) is 5.71. The van der Waals surface area contributed by atoms with Crippen LogP contribution in [0.4, 0.5) is 5.69 Å². The van der Waals surface area contributed by atoms with Gasteiger partial charge in [0.25, 0.3) is 5.91 Å². The minimum atomic E-state index is -0.0539. The van der Waals surface area contributed by atoms with E-state index in [2.05, 4.69) is 15.9 Å². The van der Waals surface area contributed by atoms with E-state index in [-0.39, 0.29) is 18.6 Å². The van der Waals surface area contributed by atoms with Crippen molar-refractivity contribution in [1.82, 2.24) is 4.90 Å². The Labute approximate surface area is 115 Å². The molecule has 0 spiro atoms. The van der Waals surface area contributed by atoms with Crippen LogP contribution in [0, 0.1) is 0 Å². The predicted octanol–water partition coefficient (Wildman–Crippen LogP) is 2.02. The second-order valence-corrected chi connectivity index (χ2v) is 5.50. The fraction of sp³-hybridized carbons (Fsp3) is 0.462. The molecule has 1 aliphatic carbocycles. The molecule has 0 bridgehead atoms. The summed E-state index contributed by atoms with van der Waals surface area (Å²) in [6.45, 7) is 0.377. The van der Waals surface area contributed by atoms with E-state index >= 15 is 0 Å². The number of nitrogen functional groups attached to an aromatic ring is 1. The fourth-order valence-electron chi connectivity index (χ4n) is 2.16. The number of benzene rings is 1. The van der Waals surface area contributed by atoms with Gasteiger partial charge in [-0.1, -0.05) is 15.9 Å². The number of halogens is 1. The van der Waals surface area contributed by atoms with Crippen LogP contribution in [0.1, 0.15) is 29.6 Å². The highest BCUT2D eigenvalue weighted by atomic mass is 79.9. The molecule has 1 saturated carbocycles. The second-order valence-electron chi connectivity index (χ2n) is 4.58. The van der Waals surface area contributed by atoms with Crippen LogP contribution in [0.5, 0.6) is 0 Å². The number of rotatable bonds is 4. The third-order valence-corrected chi connectivity index (χ3v) is 3.74. The summed E-state index contributed by atoms with van der Waals surface area (Å²) in [6, 6.07) is 5.47. The molecule has 4 nitrogen and oxygen atoms in total. The Kier molecular flexibility index (Phi) is 4.24. The number of carbonyl (C=O) groups excluding carboxylic acids is 1. The van der Waals surface area contributed by atoms with Crippen LogP contribution in [0.15, 0.2) is 22.7 Å². The summed E-state index contributed by atoms with van der Waals surface area (Å²) in [6.07, 6.45) is 3.20. The Morgan fingerprint density at radius 3 is 2.67 bits per heavy atom. The molecule has 0 radical (unpaired) electrons. The van der Waals surface area contributed by atoms with E-state index in [0.29, 0.717) is 17.8 Å². The first-order valence-corrected chi connectivity index (χ1v) is 6.89. The number of aliphatic hydroxyl groups excluding tert-OH is 1. The summed E-state index contributed by atoms with van der Waals surface area (Å²) >= 11 is 3.34. The Hall–Kier alpha value is -1.07. The molecule has 3 N–H and O–H groups in total. The van der Waals surface area contributed by atoms with Gasteiger partial charge in [0.2, 0.25) is 0 Å². The van der Waals surface area contributed by atoms with Crippen LogP contribution in [-0.4, -0.2) is 35.1 Å². The lowest BCUT2D eigenvalue weighted by atomic mass is 9.91. The molecule has 0 aliphatic heterocycles. The summed E-state index contributed by atoms with van der Waals surface area (Å²) in [5.41, 5.74) is 6.88. The van der Waals surface area contributed by atoms with Crippen LogP contribution >= 0.6 is 15.9 Å². The van der Waals surface area contributed by atoms with Gasteiger partial charge < -0.3 is 15.7 Å². The molecule has 0 saturated heterocycles. The van der Waals surface area contributed by atoms with Gasteiger partial charge in [-0.25, -0.2) is 0 Å². The van der Waals surface area contributed by atoms with Gasteiger partial charge in [0.1, 0.15) is 0 Å². The highest BCUT2D eigenvalue weighted by Gasteiger charge is 2.29. The number of amides is 1. The average Bonchev–Trinajstić information content (AvgIpc) is 2.23. The number of anilines is 1. The molecule has 0 aromatic heterocycles. The van der Waals surface area contributed by atoms with Crippen molar-refractivity contribution in [1.29, 1.82) is 0 Å². The van der Waals surface area contributed by atoms with E-state index in [1.165, 1.54) is 0 Å². The van der Waals surface area contributed by atoms with Crippen LogP contribution in [0.2, 0.25) is 0 Å². The maximum Gasteiger partial charge on any atom is 0.254 e. The maximum absolute atomic E-state index is 12.4. The summed E-state index contributed by atoms with van der Waals surface area (Å²) < 4.78 is 0.795. The van der Waals surface area contributed by atoms with Crippen LogP contribution in [0.25, 0.3) is 0 Å². The molecule has 18 heavy (non-hydrogen) atoms. The molecule has 5 heteroatoms. The van der Waals surface area contributed by atoms with Crippen LogP contribution in [-0.2, 0) is 0 Å². The standard InChI is InChI=1S/C13H17BrN2O2/c14-10-6-9(7-11(15)8-10)13(18)16(4-5-17)12-2-1-3-12/h6-8,12,17H,1-5,15H2. The minimum Gasteiger partial charge on any atom is -0.399 e. The van der Waals surface area contributed by atoms with E-state index in [9.17, 15) is 4.79 Å². The Morgan fingerprint density at radius 1 is 1.44 bits per heavy atom. The number of hydrogen-bond acceptors (Lipinski definition) is 3. The normalized spacial score (nSPS) is 15.2. The molecular weight excluding hydrogens is 296 g/mol. The zero-order valence-electron chi connectivity index (χ0n) is 10.1. The third kappa shape index (κ3) is 2.84. The Morgan fingerprint density at radius 2 is 2.17 bits per heavy atom. The van der Waals surface area contributed by atoms with Crippen molar-refractivity contribution in [2.24, 2.45) is 0 Å². The highest BCUT2D eigenvalue weighted by molar-refractivity contribution is 9.10. The number of nitrogens with two attached hydrogens (primary N) is 1. The largest absolute Gasteiger partial charge is 0.399 e. The number of carbonyl (C=O) groups is 1. The van der Waals surface area contributed by atoms with E-state index < -0.39 is 0 Å². The molecule has 0 unspecified atom stereocenters. The maximum atomic E-state index is 12.4. The first kappa shape index (κ1) is 13.4. The van der Waals surface area contributed by atoms with E-state index in [1.54, 1.807) is 23.1 Å². The van der Waals surface area contributed by atoms with Crippen LogP contribution in [0.3, 0.4) is 0 Å². The molecule has 1 aromatic rings. The smallest absolute Gasteiger partial charge is 0.254 e. The Balaban J connectivity index is 2.21. The minimum absolute atomic E-state index is 0.00821. The number of aliphatic hydroxyl groups is 1. The lowest BCUT2D eigenvalue weighted by Crippen LogP contribution is -2.45. The van der Waals surface area contributed by atoms with E-state index in [4.69, 9.17) is 10.8 Å². The van der Waals surface area contributed by atoms with Crippen LogP contribution < -0.4 is 5.73 Å². The van der Waals surface area contributed by atoms with Crippen molar-refractivity contribution in [2.45, 2.75) is 25.3 Å². The summed E-state index contributed by atoms with van der Waals surface area (Å²) in [7, 11) is 0. The highest BCUT2D eigenvalue weighted by Crippen LogP contribution is 2.27. The molecule has 2 rings (SSSR count). The van der Waals surface area contributed by atoms with Crippen molar-refractivity contribution in [3.63, 3.8) is 0 Å². The van der Waals surface area contributed by atoms with Crippen molar-refractivity contribution >= 4 is 27.5 Å². The van der Waals surface area contributed by atoms with Gasteiger partial charge in [-0.15, -0.1) is 0 Å². The Bertz CT molecular complexity index is 426. The van der Waals surface area contributed by atoms with Crippen molar-refractivity contribution in [3.05, 3.63) is 28.2 Å². The number of hydrogen-bond donors (Lipinski definition) is 2. The zero-order chi connectivity index (χ0) is 13.1. The summed E-state index contributed by atoms with van der Waals surface area (Å²) in [5.74, 6) is -0.0539. The average molecular weight is 313 g/mol. The lowest BCUT2D eigenvalue weighted by molar-refractivity contribution is 0.0526. The van der Waals surface area contributed by atoms with Gasteiger partial charge in [-0.3, -0.25) is 4.79 Å². The van der Waals surface area contributed by atoms with Crippen molar-refractivity contribution in [2.75, 3.05) is 18.9 Å². The first-order valence-electron chi connectivity index (χ1n) is 6.09. The van der Waals surface area contributed by atoms with Gasteiger partial charge in [0.05, 0.1) is 6.61 Å². The molecular formula is C13H17BrN2O2. The van der Waals surface area contributed by atoms with Crippen molar-refractivity contribution in [3.8, 4) is 0 Å². The molecule has 1 aliphatic rings. The van der Waals surface area contributed by atoms with Gasteiger partial charge in [-0.2, -0.15) is 0 Å². The fourth-order valence-corrected chi connectivity index (χ4v) is 2.67. The molecule has 1 amide bonds. The van der Waals surface area contributed by atoms with Gasteiger partial charge in [0.15, 0.2) is 0 Å². The third-order valence-electron chi connectivity index (χ3n) is 3.28. The topological polar surface area (TPSA) is 66.6 Å². The van der Waals surface area contributed by atoms with E-state index in [1.807, 2.05) is 0 Å². The van der Waals surface area contributed by atoms with Gasteiger partial charge in [-0.05, 0) is 37.5 Å².